The van der Waals surface area contributed by atoms with Crippen LogP contribution >= 0.6 is 0 Å². The van der Waals surface area contributed by atoms with Crippen molar-refractivity contribution in [2.45, 2.75) is 6.92 Å². The maximum absolute atomic E-state index is 9.60. The van der Waals surface area contributed by atoms with E-state index in [0.717, 1.165) is 13.2 Å². The molecule has 0 atom stereocenters. The number of rotatable bonds is 1. The third-order valence-electron chi connectivity index (χ3n) is 0.491. The molecule has 0 aliphatic carbocycles. The SMILES string of the molecule is C1CO1.CCOC(N)=O.[SiH4]. The summed E-state index contributed by atoms with van der Waals surface area (Å²) in [7, 11) is 0. The summed E-state index contributed by atoms with van der Waals surface area (Å²) in [6.45, 7) is 4.06. The largest absolute Gasteiger partial charge is 0.450 e. The molecule has 1 saturated heterocycles. The Morgan fingerprint density at radius 1 is 1.70 bits per heavy atom. The van der Waals surface area contributed by atoms with Crippen molar-refractivity contribution in [1.29, 1.82) is 0 Å². The fraction of sp³-hybridized carbons (Fsp3) is 0.800. The summed E-state index contributed by atoms with van der Waals surface area (Å²) in [5, 5.41) is 0. The zero-order valence-corrected chi connectivity index (χ0v) is 5.42. The molecule has 0 radical (unpaired) electrons. The summed E-state index contributed by atoms with van der Waals surface area (Å²) in [6, 6.07) is 0. The number of ether oxygens (including phenoxy) is 2. The fourth-order valence-corrected chi connectivity index (χ4v) is 0.142. The second-order valence-electron chi connectivity index (χ2n) is 1.36. The van der Waals surface area contributed by atoms with Crippen LogP contribution in [-0.2, 0) is 9.47 Å². The highest BCUT2D eigenvalue weighted by Gasteiger charge is 1.94. The van der Waals surface area contributed by atoms with Gasteiger partial charge in [0.05, 0.1) is 19.8 Å². The van der Waals surface area contributed by atoms with E-state index >= 15 is 0 Å². The fourth-order valence-electron chi connectivity index (χ4n) is 0.142. The van der Waals surface area contributed by atoms with Gasteiger partial charge in [-0.1, -0.05) is 0 Å². The second-order valence-corrected chi connectivity index (χ2v) is 1.36. The quantitative estimate of drug-likeness (QED) is 0.386. The summed E-state index contributed by atoms with van der Waals surface area (Å²) in [5.74, 6) is 0. The molecule has 0 unspecified atom stereocenters. The van der Waals surface area contributed by atoms with Crippen LogP contribution < -0.4 is 5.73 Å². The lowest BCUT2D eigenvalue weighted by atomic mass is 10.9. The van der Waals surface area contributed by atoms with Crippen LogP contribution in [0.5, 0.6) is 0 Å². The minimum Gasteiger partial charge on any atom is -0.450 e. The van der Waals surface area contributed by atoms with Gasteiger partial charge in [0.2, 0.25) is 0 Å². The van der Waals surface area contributed by atoms with Gasteiger partial charge in [-0.05, 0) is 17.9 Å². The third-order valence-corrected chi connectivity index (χ3v) is 0.491. The Hall–Kier alpha value is -0.553. The first-order valence-electron chi connectivity index (χ1n) is 2.77. The van der Waals surface area contributed by atoms with Crippen LogP contribution in [-0.4, -0.2) is 36.9 Å². The van der Waals surface area contributed by atoms with Gasteiger partial charge in [0.15, 0.2) is 0 Å². The third kappa shape index (κ3) is 26.1. The first-order chi connectivity index (χ1) is 4.27. The Morgan fingerprint density at radius 3 is 2.10 bits per heavy atom. The smallest absolute Gasteiger partial charge is 0.404 e. The number of carbonyl (C=O) groups is 1. The van der Waals surface area contributed by atoms with Gasteiger partial charge in [-0.25, -0.2) is 4.79 Å². The molecule has 1 rings (SSSR count). The molecule has 2 N–H and O–H groups in total. The highest BCUT2D eigenvalue weighted by molar-refractivity contribution is 5.75. The number of nitrogens with two attached hydrogens (primary N) is 1. The van der Waals surface area contributed by atoms with Gasteiger partial charge in [-0.15, -0.1) is 0 Å². The molecule has 4 nitrogen and oxygen atoms in total. The van der Waals surface area contributed by atoms with E-state index < -0.39 is 6.09 Å². The maximum Gasteiger partial charge on any atom is 0.404 e. The molecular formula is C5H15NO3Si. The number of amides is 1. The summed E-state index contributed by atoms with van der Waals surface area (Å²) in [4.78, 5) is 9.60. The van der Waals surface area contributed by atoms with Crippen LogP contribution in [0, 0.1) is 0 Å². The van der Waals surface area contributed by atoms with Crippen molar-refractivity contribution >= 4 is 17.1 Å². The second kappa shape index (κ2) is 8.45. The van der Waals surface area contributed by atoms with E-state index in [-0.39, 0.29) is 11.0 Å². The molecule has 0 bridgehead atoms. The molecule has 1 fully saturated rings. The van der Waals surface area contributed by atoms with E-state index in [1.165, 1.54) is 0 Å². The highest BCUT2D eigenvalue weighted by atomic mass is 28.1. The number of hydrogen-bond donors (Lipinski definition) is 1. The monoisotopic (exact) mass is 165 g/mol. The van der Waals surface area contributed by atoms with Crippen LogP contribution in [0.2, 0.25) is 0 Å². The van der Waals surface area contributed by atoms with Crippen molar-refractivity contribution in [2.75, 3.05) is 19.8 Å². The zero-order chi connectivity index (χ0) is 7.11. The van der Waals surface area contributed by atoms with Gasteiger partial charge in [0.1, 0.15) is 0 Å². The van der Waals surface area contributed by atoms with Crippen molar-refractivity contribution in [3.63, 3.8) is 0 Å². The molecule has 0 aromatic rings. The number of carbonyl (C=O) groups excluding carboxylic acids is 1. The van der Waals surface area contributed by atoms with Crippen molar-refractivity contribution in [1.82, 2.24) is 0 Å². The minimum atomic E-state index is -0.711. The van der Waals surface area contributed by atoms with Crippen LogP contribution in [0.4, 0.5) is 4.79 Å². The van der Waals surface area contributed by atoms with Gasteiger partial charge in [-0.2, -0.15) is 0 Å². The summed E-state index contributed by atoms with van der Waals surface area (Å²) >= 11 is 0. The highest BCUT2D eigenvalue weighted by Crippen LogP contribution is 1.84. The van der Waals surface area contributed by atoms with Crippen molar-refractivity contribution in [3.05, 3.63) is 0 Å². The van der Waals surface area contributed by atoms with Gasteiger partial charge >= 0.3 is 6.09 Å². The lowest BCUT2D eigenvalue weighted by molar-refractivity contribution is 0.163. The van der Waals surface area contributed by atoms with Gasteiger partial charge in [0, 0.05) is 0 Å². The van der Waals surface area contributed by atoms with E-state index in [9.17, 15) is 4.79 Å². The normalized spacial score (nSPS) is 11.7. The van der Waals surface area contributed by atoms with E-state index in [1.54, 1.807) is 6.92 Å². The topological polar surface area (TPSA) is 64.8 Å². The van der Waals surface area contributed by atoms with E-state index in [4.69, 9.17) is 0 Å². The summed E-state index contributed by atoms with van der Waals surface area (Å²) < 4.78 is 8.68. The molecule has 10 heavy (non-hydrogen) atoms. The number of primary amides is 1. The zero-order valence-electron chi connectivity index (χ0n) is 5.42. The average molecular weight is 165 g/mol. The molecule has 0 spiro atoms. The van der Waals surface area contributed by atoms with Gasteiger partial charge < -0.3 is 15.2 Å². The molecular weight excluding hydrogens is 150 g/mol. The molecule has 62 valence electrons. The van der Waals surface area contributed by atoms with Crippen LogP contribution in [0.1, 0.15) is 6.92 Å². The van der Waals surface area contributed by atoms with E-state index in [0.29, 0.717) is 6.61 Å². The maximum atomic E-state index is 9.60. The minimum absolute atomic E-state index is 0. The number of hydrogen-bond acceptors (Lipinski definition) is 3. The van der Waals surface area contributed by atoms with Gasteiger partial charge in [-0.3, -0.25) is 0 Å². The first kappa shape index (κ1) is 12.2. The molecule has 0 saturated carbocycles. The van der Waals surface area contributed by atoms with Gasteiger partial charge in [0.25, 0.3) is 0 Å². The molecule has 1 amide bonds. The Labute approximate surface area is 64.7 Å². The molecule has 0 aromatic heterocycles. The van der Waals surface area contributed by atoms with Crippen molar-refractivity contribution < 1.29 is 14.3 Å². The van der Waals surface area contributed by atoms with Crippen LogP contribution in [0.25, 0.3) is 0 Å². The summed E-state index contributed by atoms with van der Waals surface area (Å²) in [5.41, 5.74) is 4.54. The van der Waals surface area contributed by atoms with Crippen molar-refractivity contribution in [2.24, 2.45) is 5.73 Å². The van der Waals surface area contributed by atoms with Crippen LogP contribution in [0.15, 0.2) is 0 Å². The average Bonchev–Trinajstić information content (AvgIpc) is 2.45. The Morgan fingerprint density at radius 2 is 2.10 bits per heavy atom. The molecule has 0 aromatic carbocycles. The predicted octanol–water partition coefficient (Wildman–Crippen LogP) is -1.33. The van der Waals surface area contributed by atoms with Crippen LogP contribution in [0.3, 0.4) is 0 Å². The first-order valence-corrected chi connectivity index (χ1v) is 2.77. The lowest BCUT2D eigenvalue weighted by Crippen LogP contribution is -2.11. The summed E-state index contributed by atoms with van der Waals surface area (Å²) in [6.07, 6.45) is -0.711. The molecule has 5 heteroatoms. The standard InChI is InChI=1S/C3H7NO2.C2H4O.H4Si/c1-2-6-3(4)5;1-2-3-1;/h2H2,1H3,(H2,4,5);1-2H2;1H4. The van der Waals surface area contributed by atoms with E-state index in [2.05, 4.69) is 15.2 Å². The Balaban J connectivity index is 0. The Kier molecular flexibility index (Phi) is 10.3. The lowest BCUT2D eigenvalue weighted by Gasteiger charge is -1.89. The number of epoxide rings is 1. The molecule has 1 heterocycles. The molecule has 1 aliphatic rings. The molecule has 1 aliphatic heterocycles. The predicted molar refractivity (Wildman–Crippen MR) is 43.4 cm³/mol. The van der Waals surface area contributed by atoms with Crippen molar-refractivity contribution in [3.8, 4) is 0 Å². The van der Waals surface area contributed by atoms with E-state index in [1.807, 2.05) is 0 Å². The Bertz CT molecular complexity index is 84.2.